The monoisotopic (exact) mass is 310 g/mol. The van der Waals surface area contributed by atoms with E-state index < -0.39 is 10.0 Å². The van der Waals surface area contributed by atoms with Gasteiger partial charge in [-0.2, -0.15) is 0 Å². The molecular weight excluding hydrogens is 292 g/mol. The molecule has 6 heteroatoms. The molecule has 0 bridgehead atoms. The van der Waals surface area contributed by atoms with Crippen LogP contribution in [0.1, 0.15) is 19.3 Å². The van der Waals surface area contributed by atoms with Crippen LogP contribution in [-0.2, 0) is 10.0 Å². The van der Waals surface area contributed by atoms with Crippen LogP contribution in [-0.4, -0.2) is 55.0 Å². The van der Waals surface area contributed by atoms with Gasteiger partial charge in [0.1, 0.15) is 4.66 Å². The Bertz CT molecular complexity index is 347. The predicted octanol–water partition coefficient (Wildman–Crippen LogP) is 1.08. The highest BCUT2D eigenvalue weighted by Gasteiger charge is 2.37. The number of sulfonamides is 1. The predicted molar refractivity (Wildman–Crippen MR) is 68.0 cm³/mol. The third kappa shape index (κ3) is 2.44. The van der Waals surface area contributed by atoms with Crippen LogP contribution in [0, 0.1) is 5.92 Å². The van der Waals surface area contributed by atoms with E-state index in [9.17, 15) is 8.42 Å². The molecule has 2 saturated heterocycles. The molecule has 0 aliphatic carbocycles. The maximum absolute atomic E-state index is 11.8. The van der Waals surface area contributed by atoms with E-state index in [0.29, 0.717) is 25.0 Å². The largest absolute Gasteiger partial charge is 0.303 e. The molecule has 4 nitrogen and oxygen atoms in total. The number of piperidine rings is 2. The lowest BCUT2D eigenvalue weighted by Gasteiger charge is -2.45. The second-order valence-corrected chi connectivity index (χ2v) is 8.09. The Kier molecular flexibility index (Phi) is 3.93. The fourth-order valence-electron chi connectivity index (χ4n) is 2.94. The van der Waals surface area contributed by atoms with Gasteiger partial charge in [0, 0.05) is 19.1 Å². The van der Waals surface area contributed by atoms with Gasteiger partial charge in [-0.1, -0.05) is 15.9 Å². The number of fused-ring (bicyclic) bond motifs is 1. The molecule has 2 atom stereocenters. The maximum atomic E-state index is 11.8. The van der Waals surface area contributed by atoms with Crippen molar-refractivity contribution >= 4 is 26.0 Å². The van der Waals surface area contributed by atoms with Gasteiger partial charge in [-0.05, 0) is 38.8 Å². The lowest BCUT2D eigenvalue weighted by Crippen LogP contribution is -2.53. The topological polar surface area (TPSA) is 40.6 Å². The fourth-order valence-corrected chi connectivity index (χ4v) is 4.75. The van der Waals surface area contributed by atoms with Gasteiger partial charge >= 0.3 is 0 Å². The minimum atomic E-state index is -3.06. The first-order valence-electron chi connectivity index (χ1n) is 5.78. The van der Waals surface area contributed by atoms with Gasteiger partial charge in [0.2, 0.25) is 10.0 Å². The van der Waals surface area contributed by atoms with Crippen LogP contribution in [0.3, 0.4) is 0 Å². The van der Waals surface area contributed by atoms with Crippen molar-refractivity contribution in [1.29, 1.82) is 0 Å². The zero-order chi connectivity index (χ0) is 11.8. The number of halogens is 1. The molecule has 0 N–H and O–H groups in total. The lowest BCUT2D eigenvalue weighted by molar-refractivity contribution is 0.0673. The number of alkyl halides is 1. The molecule has 0 aromatic carbocycles. The van der Waals surface area contributed by atoms with E-state index in [-0.39, 0.29) is 4.66 Å². The lowest BCUT2D eigenvalue weighted by atomic mass is 9.85. The van der Waals surface area contributed by atoms with Crippen LogP contribution < -0.4 is 0 Å². The maximum Gasteiger partial charge on any atom is 0.224 e. The Morgan fingerprint density at radius 3 is 2.75 bits per heavy atom. The van der Waals surface area contributed by atoms with E-state index >= 15 is 0 Å². The van der Waals surface area contributed by atoms with Crippen LogP contribution >= 0.6 is 15.9 Å². The van der Waals surface area contributed by atoms with E-state index in [1.807, 2.05) is 0 Å². The summed E-state index contributed by atoms with van der Waals surface area (Å²) in [4.78, 5) is 2.40. The average Bonchev–Trinajstić information content (AvgIpc) is 2.29. The highest BCUT2D eigenvalue weighted by atomic mass is 79.9. The average molecular weight is 311 g/mol. The molecule has 0 aromatic heterocycles. The number of nitrogens with zero attached hydrogens (tertiary/aromatic N) is 2. The molecule has 94 valence electrons. The first kappa shape index (κ1) is 12.8. The first-order valence-corrected chi connectivity index (χ1v) is 8.51. The summed E-state index contributed by atoms with van der Waals surface area (Å²) in [5, 5.41) is 0. The normalized spacial score (nSPS) is 33.6. The number of hydrogen-bond donors (Lipinski definition) is 0. The van der Waals surface area contributed by atoms with Gasteiger partial charge in [-0.3, -0.25) is 0 Å². The Hall–Kier alpha value is 0.350. The summed E-state index contributed by atoms with van der Waals surface area (Å²) in [6.45, 7) is 2.55. The van der Waals surface area contributed by atoms with Crippen molar-refractivity contribution in [1.82, 2.24) is 9.21 Å². The summed E-state index contributed by atoms with van der Waals surface area (Å²) in [5.74, 6) is 0.529. The van der Waals surface area contributed by atoms with Gasteiger partial charge in [0.05, 0.1) is 0 Å². The second kappa shape index (κ2) is 4.92. The third-order valence-electron chi connectivity index (χ3n) is 3.84. The van der Waals surface area contributed by atoms with Crippen LogP contribution in [0.15, 0.2) is 0 Å². The Balaban J connectivity index is 2.06. The number of hydrogen-bond acceptors (Lipinski definition) is 3. The highest BCUT2D eigenvalue weighted by Crippen LogP contribution is 2.30. The van der Waals surface area contributed by atoms with Gasteiger partial charge < -0.3 is 4.90 Å². The van der Waals surface area contributed by atoms with Crippen molar-refractivity contribution in [3.05, 3.63) is 0 Å². The molecule has 2 rings (SSSR count). The third-order valence-corrected chi connectivity index (χ3v) is 6.97. The molecule has 2 fully saturated rings. The van der Waals surface area contributed by atoms with E-state index in [4.69, 9.17) is 0 Å². The molecule has 2 aliphatic heterocycles. The molecule has 16 heavy (non-hydrogen) atoms. The smallest absolute Gasteiger partial charge is 0.224 e. The Morgan fingerprint density at radius 1 is 1.31 bits per heavy atom. The van der Waals surface area contributed by atoms with Crippen molar-refractivity contribution in [2.75, 3.05) is 31.3 Å². The summed E-state index contributed by atoms with van der Waals surface area (Å²) in [6.07, 6.45) is 3.34. The Morgan fingerprint density at radius 2 is 2.06 bits per heavy atom. The molecule has 0 radical (unpaired) electrons. The van der Waals surface area contributed by atoms with Crippen molar-refractivity contribution in [3.63, 3.8) is 0 Å². The SMILES string of the molecule is CN1CCCC2CN(S(=O)(=O)CBr)CCC21. The number of rotatable bonds is 2. The van der Waals surface area contributed by atoms with Crippen LogP contribution in [0.5, 0.6) is 0 Å². The van der Waals surface area contributed by atoms with Crippen molar-refractivity contribution in [2.24, 2.45) is 5.92 Å². The summed E-state index contributed by atoms with van der Waals surface area (Å²) in [6, 6.07) is 0.593. The number of likely N-dealkylation sites (tertiary alicyclic amines) is 1. The van der Waals surface area contributed by atoms with Gasteiger partial charge in [-0.15, -0.1) is 0 Å². The zero-order valence-corrected chi connectivity index (χ0v) is 12.0. The standard InChI is InChI=1S/C10H19BrN2O2S/c1-12-5-2-3-9-7-13(6-4-10(9)12)16(14,15)8-11/h9-10H,2-8H2,1H3. The van der Waals surface area contributed by atoms with Crippen LogP contribution in [0.25, 0.3) is 0 Å². The second-order valence-electron chi connectivity index (χ2n) is 4.82. The highest BCUT2D eigenvalue weighted by molar-refractivity contribution is 9.10. The first-order chi connectivity index (χ1) is 7.54. The van der Waals surface area contributed by atoms with Gasteiger partial charge in [0.25, 0.3) is 0 Å². The van der Waals surface area contributed by atoms with Gasteiger partial charge in [0.15, 0.2) is 0 Å². The quantitative estimate of drug-likeness (QED) is 0.717. The minimum Gasteiger partial charge on any atom is -0.303 e. The molecule has 2 unspecified atom stereocenters. The van der Waals surface area contributed by atoms with Crippen LogP contribution in [0.2, 0.25) is 0 Å². The zero-order valence-electron chi connectivity index (χ0n) is 9.60. The summed E-state index contributed by atoms with van der Waals surface area (Å²) >= 11 is 3.07. The van der Waals surface area contributed by atoms with Gasteiger partial charge in [-0.25, -0.2) is 12.7 Å². The molecule has 0 spiro atoms. The van der Waals surface area contributed by atoms with Crippen molar-refractivity contribution in [3.8, 4) is 0 Å². The minimum absolute atomic E-state index is 0.0488. The Labute approximate surface area is 106 Å². The molecular formula is C10H19BrN2O2S. The van der Waals surface area contributed by atoms with Crippen molar-refractivity contribution < 1.29 is 8.42 Å². The fraction of sp³-hybridized carbons (Fsp3) is 1.00. The molecule has 2 heterocycles. The van der Waals surface area contributed by atoms with E-state index in [1.54, 1.807) is 4.31 Å². The molecule has 0 aromatic rings. The van der Waals surface area contributed by atoms with E-state index in [2.05, 4.69) is 27.9 Å². The molecule has 0 amide bonds. The molecule has 2 aliphatic rings. The van der Waals surface area contributed by atoms with Crippen molar-refractivity contribution in [2.45, 2.75) is 25.3 Å². The summed E-state index contributed by atoms with van der Waals surface area (Å²) in [5.41, 5.74) is 0. The summed E-state index contributed by atoms with van der Waals surface area (Å²) < 4.78 is 25.3. The van der Waals surface area contributed by atoms with E-state index in [1.165, 1.54) is 12.8 Å². The van der Waals surface area contributed by atoms with Crippen LogP contribution in [0.4, 0.5) is 0 Å². The molecule has 0 saturated carbocycles. The summed E-state index contributed by atoms with van der Waals surface area (Å²) in [7, 11) is -0.900. The van der Waals surface area contributed by atoms with E-state index in [0.717, 1.165) is 13.0 Å².